The normalized spacial score (nSPS) is 16.5. The van der Waals surface area contributed by atoms with Gasteiger partial charge in [-0.05, 0) is 42.2 Å². The largest absolute Gasteiger partial charge is 0.459 e. The Hall–Kier alpha value is -3.33. The van der Waals surface area contributed by atoms with E-state index in [1.54, 1.807) is 12.1 Å². The molecule has 9 heteroatoms. The van der Waals surface area contributed by atoms with Gasteiger partial charge in [-0.1, -0.05) is 19.9 Å². The van der Waals surface area contributed by atoms with Crippen LogP contribution in [0.15, 0.2) is 41.0 Å². The average molecular weight is 452 g/mol. The minimum absolute atomic E-state index is 0.232. The van der Waals surface area contributed by atoms with E-state index in [9.17, 15) is 4.79 Å². The second-order valence-corrected chi connectivity index (χ2v) is 8.97. The van der Waals surface area contributed by atoms with Gasteiger partial charge in [-0.25, -0.2) is 0 Å². The van der Waals surface area contributed by atoms with Crippen LogP contribution in [-0.2, 0) is 19.5 Å². The Bertz CT molecular complexity index is 1110. The van der Waals surface area contributed by atoms with Crippen molar-refractivity contribution in [3.63, 3.8) is 0 Å². The van der Waals surface area contributed by atoms with Crippen molar-refractivity contribution >= 4 is 5.91 Å². The number of rotatable bonds is 7. The molecule has 1 amide bonds. The summed E-state index contributed by atoms with van der Waals surface area (Å²) in [5.41, 5.74) is 1.19. The van der Waals surface area contributed by atoms with E-state index in [1.807, 2.05) is 6.07 Å². The fourth-order valence-electron chi connectivity index (χ4n) is 4.44. The lowest BCUT2D eigenvalue weighted by molar-refractivity contribution is 0.0900. The van der Waals surface area contributed by atoms with Crippen LogP contribution in [0.2, 0.25) is 0 Å². The van der Waals surface area contributed by atoms with Crippen molar-refractivity contribution < 1.29 is 18.7 Å². The van der Waals surface area contributed by atoms with E-state index in [2.05, 4.69) is 51.0 Å². The molecule has 5 rings (SSSR count). The molecule has 1 aromatic carbocycles. The zero-order valence-corrected chi connectivity index (χ0v) is 19.0. The summed E-state index contributed by atoms with van der Waals surface area (Å²) < 4.78 is 18.4. The van der Waals surface area contributed by atoms with E-state index in [4.69, 9.17) is 13.9 Å². The maximum atomic E-state index is 12.7. The smallest absolute Gasteiger partial charge is 0.287 e. The second-order valence-electron chi connectivity index (χ2n) is 8.97. The van der Waals surface area contributed by atoms with Crippen LogP contribution >= 0.6 is 0 Å². The van der Waals surface area contributed by atoms with Crippen molar-refractivity contribution in [3.8, 4) is 11.5 Å². The number of aromatic nitrogens is 3. The third-order valence-corrected chi connectivity index (χ3v) is 6.06. The van der Waals surface area contributed by atoms with Crippen molar-refractivity contribution in [1.29, 1.82) is 0 Å². The summed E-state index contributed by atoms with van der Waals surface area (Å²) in [6.45, 7) is 7.92. The van der Waals surface area contributed by atoms with Crippen LogP contribution in [-0.4, -0.2) is 45.5 Å². The SMILES string of the molecule is CC(C)CC(NC(=O)c1ccco1)c1nnc2n1CCN(Cc1ccc3c(c1)OCO3)CC2. The summed E-state index contributed by atoms with van der Waals surface area (Å²) >= 11 is 0. The van der Waals surface area contributed by atoms with E-state index < -0.39 is 0 Å². The first-order chi connectivity index (χ1) is 16.1. The molecule has 0 aliphatic carbocycles. The number of fused-ring (bicyclic) bond motifs is 2. The van der Waals surface area contributed by atoms with Gasteiger partial charge < -0.3 is 23.8 Å². The van der Waals surface area contributed by atoms with Crippen LogP contribution < -0.4 is 14.8 Å². The Morgan fingerprint density at radius 2 is 2.00 bits per heavy atom. The van der Waals surface area contributed by atoms with Gasteiger partial charge >= 0.3 is 0 Å². The summed E-state index contributed by atoms with van der Waals surface area (Å²) in [5.74, 6) is 3.83. The molecule has 3 aromatic rings. The Labute approximate surface area is 192 Å². The van der Waals surface area contributed by atoms with Crippen LogP contribution in [0.1, 0.15) is 54.1 Å². The quantitative estimate of drug-likeness (QED) is 0.590. The number of hydrogen-bond acceptors (Lipinski definition) is 7. The Morgan fingerprint density at radius 3 is 2.82 bits per heavy atom. The van der Waals surface area contributed by atoms with Gasteiger partial charge in [0, 0.05) is 32.6 Å². The molecular weight excluding hydrogens is 422 g/mol. The fourth-order valence-corrected chi connectivity index (χ4v) is 4.44. The lowest BCUT2D eigenvalue weighted by Gasteiger charge is -2.22. The van der Waals surface area contributed by atoms with E-state index in [0.29, 0.717) is 11.7 Å². The number of hydrogen-bond donors (Lipinski definition) is 1. The van der Waals surface area contributed by atoms with Gasteiger partial charge in [-0.3, -0.25) is 9.69 Å². The zero-order valence-electron chi connectivity index (χ0n) is 19.0. The third-order valence-electron chi connectivity index (χ3n) is 6.06. The van der Waals surface area contributed by atoms with Crippen LogP contribution in [0.25, 0.3) is 0 Å². The monoisotopic (exact) mass is 451 g/mol. The molecule has 0 spiro atoms. The predicted molar refractivity (Wildman–Crippen MR) is 120 cm³/mol. The molecule has 0 bridgehead atoms. The molecule has 2 aliphatic rings. The lowest BCUT2D eigenvalue weighted by Crippen LogP contribution is -2.32. The molecule has 0 radical (unpaired) electrons. The number of carbonyl (C=O) groups excluding carboxylic acids is 1. The highest BCUT2D eigenvalue weighted by atomic mass is 16.7. The van der Waals surface area contributed by atoms with Crippen LogP contribution in [0.4, 0.5) is 0 Å². The second kappa shape index (κ2) is 9.27. The molecule has 9 nitrogen and oxygen atoms in total. The van der Waals surface area contributed by atoms with Gasteiger partial charge in [0.25, 0.3) is 5.91 Å². The summed E-state index contributed by atoms with van der Waals surface area (Å²) in [6.07, 6.45) is 3.08. The van der Waals surface area contributed by atoms with Gasteiger partial charge in [-0.2, -0.15) is 0 Å². The third kappa shape index (κ3) is 4.73. The van der Waals surface area contributed by atoms with Gasteiger partial charge in [0.05, 0.1) is 12.3 Å². The van der Waals surface area contributed by atoms with E-state index >= 15 is 0 Å². The number of nitrogens with one attached hydrogen (secondary N) is 1. The highest BCUT2D eigenvalue weighted by Crippen LogP contribution is 2.33. The summed E-state index contributed by atoms with van der Waals surface area (Å²) in [7, 11) is 0. The predicted octanol–water partition coefficient (Wildman–Crippen LogP) is 3.18. The van der Waals surface area contributed by atoms with Crippen LogP contribution in [0, 0.1) is 5.92 Å². The van der Waals surface area contributed by atoms with Gasteiger partial charge in [0.1, 0.15) is 5.82 Å². The van der Waals surface area contributed by atoms with E-state index in [0.717, 1.165) is 62.2 Å². The number of benzene rings is 1. The minimum Gasteiger partial charge on any atom is -0.459 e. The minimum atomic E-state index is -0.235. The standard InChI is InChI=1S/C24H29N5O4/c1-16(2)12-18(25-24(30)20-4-3-11-31-20)23-27-26-22-7-8-28(9-10-29(22)23)14-17-5-6-19-21(13-17)33-15-32-19/h3-6,11,13,16,18H,7-10,12,14-15H2,1-2H3,(H,25,30). The number of ether oxygens (including phenoxy) is 2. The summed E-state index contributed by atoms with van der Waals surface area (Å²) in [6, 6.07) is 9.27. The molecule has 2 aromatic heterocycles. The van der Waals surface area contributed by atoms with Crippen LogP contribution in [0.5, 0.6) is 11.5 Å². The highest BCUT2D eigenvalue weighted by molar-refractivity contribution is 5.91. The molecule has 1 atom stereocenters. The van der Waals surface area contributed by atoms with Crippen molar-refractivity contribution in [1.82, 2.24) is 25.0 Å². The maximum Gasteiger partial charge on any atom is 0.287 e. The molecule has 33 heavy (non-hydrogen) atoms. The van der Waals surface area contributed by atoms with Gasteiger partial charge in [0.2, 0.25) is 6.79 Å². The van der Waals surface area contributed by atoms with Crippen LogP contribution in [0.3, 0.4) is 0 Å². The van der Waals surface area contributed by atoms with E-state index in [-0.39, 0.29) is 18.7 Å². The summed E-state index contributed by atoms with van der Waals surface area (Å²) in [4.78, 5) is 15.1. The van der Waals surface area contributed by atoms with Gasteiger partial charge in [0.15, 0.2) is 23.1 Å². The fraction of sp³-hybridized carbons (Fsp3) is 0.458. The lowest BCUT2D eigenvalue weighted by atomic mass is 10.0. The molecular formula is C24H29N5O4. The molecule has 0 fully saturated rings. The highest BCUT2D eigenvalue weighted by Gasteiger charge is 2.27. The number of furan rings is 1. The van der Waals surface area contributed by atoms with Crippen molar-refractivity contribution in [2.75, 3.05) is 19.9 Å². The number of carbonyl (C=O) groups is 1. The Morgan fingerprint density at radius 1 is 1.12 bits per heavy atom. The molecule has 1 N–H and O–H groups in total. The first-order valence-corrected chi connectivity index (χ1v) is 11.4. The van der Waals surface area contributed by atoms with Gasteiger partial charge in [-0.15, -0.1) is 10.2 Å². The van der Waals surface area contributed by atoms with Crippen molar-refractivity contribution in [3.05, 3.63) is 59.6 Å². The number of amides is 1. The topological polar surface area (TPSA) is 94.7 Å². The first kappa shape index (κ1) is 21.5. The average Bonchev–Trinajstić information content (AvgIpc) is 3.53. The first-order valence-electron chi connectivity index (χ1n) is 11.4. The van der Waals surface area contributed by atoms with Crippen molar-refractivity contribution in [2.45, 2.75) is 45.8 Å². The molecule has 2 aliphatic heterocycles. The molecule has 0 saturated heterocycles. The molecule has 1 unspecified atom stereocenters. The zero-order chi connectivity index (χ0) is 22.8. The van der Waals surface area contributed by atoms with E-state index in [1.165, 1.54) is 11.8 Å². The Balaban J connectivity index is 1.29. The molecule has 0 saturated carbocycles. The Kier molecular flexibility index (Phi) is 6.04. The number of nitrogens with zero attached hydrogens (tertiary/aromatic N) is 4. The van der Waals surface area contributed by atoms with Crippen molar-refractivity contribution in [2.24, 2.45) is 5.92 Å². The molecule has 174 valence electrons. The summed E-state index contributed by atoms with van der Waals surface area (Å²) in [5, 5.41) is 12.1. The molecule has 4 heterocycles. The maximum absolute atomic E-state index is 12.7.